The largest absolute Gasteiger partial charge is 0.465 e. The van der Waals surface area contributed by atoms with Crippen LogP contribution >= 0.6 is 11.6 Å². The molecule has 0 aliphatic carbocycles. The van der Waals surface area contributed by atoms with E-state index in [1.165, 1.54) is 19.2 Å². The second-order valence-corrected chi connectivity index (χ2v) is 3.90. The number of anilines is 1. The van der Waals surface area contributed by atoms with Gasteiger partial charge in [-0.3, -0.25) is 4.79 Å². The zero-order chi connectivity index (χ0) is 13.0. The van der Waals surface area contributed by atoms with Gasteiger partial charge in [-0.15, -0.1) is 0 Å². The molecule has 0 aliphatic rings. The molecule has 0 aromatic heterocycles. The van der Waals surface area contributed by atoms with Gasteiger partial charge in [-0.1, -0.05) is 11.6 Å². The molecule has 3 N–H and O–H groups in total. The fourth-order valence-electron chi connectivity index (χ4n) is 1.15. The maximum absolute atomic E-state index is 11.5. The summed E-state index contributed by atoms with van der Waals surface area (Å²) in [6.45, 7) is 1.54. The summed E-state index contributed by atoms with van der Waals surface area (Å²) in [4.78, 5) is 22.9. The van der Waals surface area contributed by atoms with E-state index in [2.05, 4.69) is 10.1 Å². The number of hydrogen-bond donors (Lipinski definition) is 2. The molecule has 0 saturated heterocycles. The maximum atomic E-state index is 11.5. The van der Waals surface area contributed by atoms with Crippen LogP contribution < -0.4 is 11.1 Å². The number of rotatable bonds is 3. The van der Waals surface area contributed by atoms with E-state index in [0.717, 1.165) is 0 Å². The molecule has 17 heavy (non-hydrogen) atoms. The average Bonchev–Trinajstić information content (AvgIpc) is 2.30. The van der Waals surface area contributed by atoms with Crippen LogP contribution in [0.1, 0.15) is 17.3 Å². The maximum Gasteiger partial charge on any atom is 0.340 e. The summed E-state index contributed by atoms with van der Waals surface area (Å²) < 4.78 is 4.59. The normalized spacial score (nSPS) is 11.8. The van der Waals surface area contributed by atoms with E-state index in [1.807, 2.05) is 0 Å². The lowest BCUT2D eigenvalue weighted by atomic mass is 10.1. The van der Waals surface area contributed by atoms with Crippen LogP contribution in [-0.4, -0.2) is 25.0 Å². The molecular weight excluding hydrogens is 244 g/mol. The van der Waals surface area contributed by atoms with Gasteiger partial charge in [0.25, 0.3) is 0 Å². The van der Waals surface area contributed by atoms with Gasteiger partial charge in [-0.05, 0) is 25.1 Å². The summed E-state index contributed by atoms with van der Waals surface area (Å²) in [7, 11) is 1.25. The Kier molecular flexibility index (Phi) is 4.48. The van der Waals surface area contributed by atoms with E-state index in [-0.39, 0.29) is 5.56 Å². The number of ether oxygens (including phenoxy) is 1. The van der Waals surface area contributed by atoms with Crippen molar-refractivity contribution in [3.05, 3.63) is 28.8 Å². The molecule has 1 amide bonds. The number of amides is 1. The Morgan fingerprint density at radius 1 is 1.47 bits per heavy atom. The van der Waals surface area contributed by atoms with Gasteiger partial charge in [0, 0.05) is 5.02 Å². The number of halogens is 1. The highest BCUT2D eigenvalue weighted by molar-refractivity contribution is 6.31. The molecule has 0 bridgehead atoms. The van der Waals surface area contributed by atoms with Crippen molar-refractivity contribution < 1.29 is 14.3 Å². The van der Waals surface area contributed by atoms with Crippen LogP contribution in [0.3, 0.4) is 0 Å². The molecule has 6 heteroatoms. The van der Waals surface area contributed by atoms with Crippen LogP contribution in [-0.2, 0) is 9.53 Å². The topological polar surface area (TPSA) is 81.4 Å². The van der Waals surface area contributed by atoms with Gasteiger partial charge in [0.15, 0.2) is 0 Å². The quantitative estimate of drug-likeness (QED) is 0.802. The van der Waals surface area contributed by atoms with Gasteiger partial charge in [0.1, 0.15) is 0 Å². The van der Waals surface area contributed by atoms with Crippen LogP contribution in [0.4, 0.5) is 5.69 Å². The Morgan fingerprint density at radius 2 is 2.12 bits per heavy atom. The molecule has 0 spiro atoms. The number of nitrogens with one attached hydrogen (secondary N) is 1. The van der Waals surface area contributed by atoms with Crippen LogP contribution in [0, 0.1) is 0 Å². The van der Waals surface area contributed by atoms with Crippen LogP contribution in [0.15, 0.2) is 18.2 Å². The molecule has 0 fully saturated rings. The molecule has 0 unspecified atom stereocenters. The number of benzene rings is 1. The van der Waals surface area contributed by atoms with Crippen molar-refractivity contribution in [3.8, 4) is 0 Å². The number of hydrogen-bond acceptors (Lipinski definition) is 4. The number of carbonyl (C=O) groups excluding carboxylic acids is 2. The monoisotopic (exact) mass is 256 g/mol. The summed E-state index contributed by atoms with van der Waals surface area (Å²) in [5.74, 6) is -0.968. The Labute approximate surface area is 104 Å². The molecule has 1 rings (SSSR count). The summed E-state index contributed by atoms with van der Waals surface area (Å²) in [6.07, 6.45) is 0. The fraction of sp³-hybridized carbons (Fsp3) is 0.273. The lowest BCUT2D eigenvalue weighted by Gasteiger charge is -2.11. The highest BCUT2D eigenvalue weighted by Gasteiger charge is 2.16. The summed E-state index contributed by atoms with van der Waals surface area (Å²) >= 11 is 5.77. The first-order valence-corrected chi connectivity index (χ1v) is 5.27. The third-order valence-corrected chi connectivity index (χ3v) is 2.29. The zero-order valence-corrected chi connectivity index (χ0v) is 10.2. The van der Waals surface area contributed by atoms with Gasteiger partial charge in [0.05, 0.1) is 24.4 Å². The lowest BCUT2D eigenvalue weighted by molar-refractivity contribution is -0.117. The Bertz CT molecular complexity index is 446. The minimum atomic E-state index is -0.670. The molecule has 92 valence electrons. The summed E-state index contributed by atoms with van der Waals surface area (Å²) in [6, 6.07) is 3.83. The van der Waals surface area contributed by atoms with Gasteiger partial charge in [0.2, 0.25) is 5.91 Å². The average molecular weight is 257 g/mol. The van der Waals surface area contributed by atoms with Crippen molar-refractivity contribution in [2.75, 3.05) is 12.4 Å². The molecule has 0 saturated carbocycles. The molecule has 0 aliphatic heterocycles. The lowest BCUT2D eigenvalue weighted by Crippen LogP contribution is -2.33. The first-order chi connectivity index (χ1) is 7.95. The highest BCUT2D eigenvalue weighted by Crippen LogP contribution is 2.21. The van der Waals surface area contributed by atoms with E-state index >= 15 is 0 Å². The molecule has 0 heterocycles. The smallest absolute Gasteiger partial charge is 0.340 e. The molecule has 1 aromatic carbocycles. The van der Waals surface area contributed by atoms with E-state index in [4.69, 9.17) is 17.3 Å². The fourth-order valence-corrected chi connectivity index (χ4v) is 1.32. The summed E-state index contributed by atoms with van der Waals surface area (Å²) in [5.41, 5.74) is 5.93. The standard InChI is InChI=1S/C11H13ClN2O3/c1-6(13)10(15)14-9-4-3-7(12)5-8(9)11(16)17-2/h3-6H,13H2,1-2H3,(H,14,15)/t6-/m0/s1. The van der Waals surface area contributed by atoms with E-state index in [0.29, 0.717) is 10.7 Å². The van der Waals surface area contributed by atoms with Crippen molar-refractivity contribution >= 4 is 29.2 Å². The Morgan fingerprint density at radius 3 is 2.65 bits per heavy atom. The van der Waals surface area contributed by atoms with Crippen LogP contribution in [0.2, 0.25) is 5.02 Å². The minimum Gasteiger partial charge on any atom is -0.465 e. The van der Waals surface area contributed by atoms with Crippen molar-refractivity contribution in [3.63, 3.8) is 0 Å². The van der Waals surface area contributed by atoms with Gasteiger partial charge < -0.3 is 15.8 Å². The van der Waals surface area contributed by atoms with Crippen molar-refractivity contribution in [1.29, 1.82) is 0 Å². The van der Waals surface area contributed by atoms with Gasteiger partial charge >= 0.3 is 5.97 Å². The molecule has 1 atom stereocenters. The second kappa shape index (κ2) is 5.65. The zero-order valence-electron chi connectivity index (χ0n) is 9.49. The molecule has 1 aromatic rings. The highest BCUT2D eigenvalue weighted by atomic mass is 35.5. The number of carbonyl (C=O) groups is 2. The molecule has 0 radical (unpaired) electrons. The van der Waals surface area contributed by atoms with E-state index < -0.39 is 17.9 Å². The predicted molar refractivity (Wildman–Crippen MR) is 65.1 cm³/mol. The predicted octanol–water partition coefficient (Wildman–Crippen LogP) is 1.41. The first-order valence-electron chi connectivity index (χ1n) is 4.90. The van der Waals surface area contributed by atoms with Crippen LogP contribution in [0.5, 0.6) is 0 Å². The summed E-state index contributed by atoms with van der Waals surface area (Å²) in [5, 5.41) is 2.91. The number of nitrogens with two attached hydrogens (primary N) is 1. The molecule has 5 nitrogen and oxygen atoms in total. The van der Waals surface area contributed by atoms with Gasteiger partial charge in [-0.2, -0.15) is 0 Å². The van der Waals surface area contributed by atoms with Crippen LogP contribution in [0.25, 0.3) is 0 Å². The third-order valence-electron chi connectivity index (χ3n) is 2.06. The van der Waals surface area contributed by atoms with Crippen molar-refractivity contribution in [2.24, 2.45) is 5.73 Å². The number of esters is 1. The minimum absolute atomic E-state index is 0.189. The van der Waals surface area contributed by atoms with Gasteiger partial charge in [-0.25, -0.2) is 4.79 Å². The number of methoxy groups -OCH3 is 1. The second-order valence-electron chi connectivity index (χ2n) is 3.46. The van der Waals surface area contributed by atoms with E-state index in [1.54, 1.807) is 13.0 Å². The Balaban J connectivity index is 3.06. The van der Waals surface area contributed by atoms with Crippen molar-refractivity contribution in [1.82, 2.24) is 0 Å². The van der Waals surface area contributed by atoms with E-state index in [9.17, 15) is 9.59 Å². The third kappa shape index (κ3) is 3.44. The van der Waals surface area contributed by atoms with Crippen molar-refractivity contribution in [2.45, 2.75) is 13.0 Å². The SMILES string of the molecule is COC(=O)c1cc(Cl)ccc1NC(=O)[C@H](C)N. The Hall–Kier alpha value is -1.59. The first kappa shape index (κ1) is 13.5. The molecular formula is C11H13ClN2O3.